The fourth-order valence-corrected chi connectivity index (χ4v) is 3.34. The summed E-state index contributed by atoms with van der Waals surface area (Å²) in [7, 11) is -3.68. The number of rotatable bonds is 7. The number of sulfonamides is 1. The Morgan fingerprint density at radius 3 is 2.30 bits per heavy atom. The van der Waals surface area contributed by atoms with Gasteiger partial charge in [-0.2, -0.15) is 0 Å². The zero-order valence-corrected chi connectivity index (χ0v) is 13.7. The minimum absolute atomic E-state index is 0.0893. The van der Waals surface area contributed by atoms with Crippen molar-refractivity contribution in [3.63, 3.8) is 0 Å². The van der Waals surface area contributed by atoms with Crippen LogP contribution in [0, 0.1) is 5.92 Å². The lowest BCUT2D eigenvalue weighted by Crippen LogP contribution is -2.42. The van der Waals surface area contributed by atoms with E-state index in [2.05, 4.69) is 20.7 Å². The van der Waals surface area contributed by atoms with Gasteiger partial charge in [0.05, 0.1) is 5.75 Å². The molecule has 112 valence electrons. The van der Waals surface area contributed by atoms with Crippen LogP contribution < -0.4 is 4.72 Å². The van der Waals surface area contributed by atoms with Gasteiger partial charge in [0.15, 0.2) is 0 Å². The second-order valence-corrected chi connectivity index (χ2v) is 7.69. The van der Waals surface area contributed by atoms with Gasteiger partial charge in [0.1, 0.15) is 6.04 Å². The van der Waals surface area contributed by atoms with Crippen LogP contribution in [0.1, 0.15) is 25.8 Å². The molecule has 0 aliphatic rings. The molecule has 0 unspecified atom stereocenters. The Bertz CT molecular complexity index is 554. The molecule has 0 aliphatic heterocycles. The van der Waals surface area contributed by atoms with Crippen LogP contribution in [0.4, 0.5) is 0 Å². The highest BCUT2D eigenvalue weighted by molar-refractivity contribution is 9.10. The molecule has 1 rings (SSSR count). The van der Waals surface area contributed by atoms with Gasteiger partial charge in [-0.1, -0.05) is 41.9 Å². The van der Waals surface area contributed by atoms with Crippen molar-refractivity contribution in [3.05, 3.63) is 34.3 Å². The molecule has 0 bridgehead atoms. The molecule has 0 saturated heterocycles. The number of hydrogen-bond acceptors (Lipinski definition) is 3. The maximum absolute atomic E-state index is 12.0. The van der Waals surface area contributed by atoms with E-state index in [1.807, 2.05) is 13.8 Å². The van der Waals surface area contributed by atoms with E-state index >= 15 is 0 Å². The number of aliphatic carboxylic acids is 1. The van der Waals surface area contributed by atoms with Gasteiger partial charge < -0.3 is 5.11 Å². The number of halogens is 1. The third-order valence-corrected chi connectivity index (χ3v) is 4.48. The van der Waals surface area contributed by atoms with Gasteiger partial charge in [0.25, 0.3) is 0 Å². The van der Waals surface area contributed by atoms with E-state index < -0.39 is 22.0 Å². The summed E-state index contributed by atoms with van der Waals surface area (Å²) in [5.41, 5.74) is 0.606. The highest BCUT2D eigenvalue weighted by Crippen LogP contribution is 2.13. The number of nitrogens with one attached hydrogen (secondary N) is 1. The molecular weight excluding hydrogens is 346 g/mol. The monoisotopic (exact) mass is 363 g/mol. The van der Waals surface area contributed by atoms with Gasteiger partial charge in [0.2, 0.25) is 10.0 Å². The number of hydrogen-bond donors (Lipinski definition) is 2. The average molecular weight is 364 g/mol. The van der Waals surface area contributed by atoms with Gasteiger partial charge in [-0.15, -0.1) is 0 Å². The maximum atomic E-state index is 12.0. The number of carboxylic acids is 1. The molecule has 20 heavy (non-hydrogen) atoms. The van der Waals surface area contributed by atoms with Crippen molar-refractivity contribution in [1.29, 1.82) is 0 Å². The van der Waals surface area contributed by atoms with Crippen molar-refractivity contribution in [2.24, 2.45) is 5.92 Å². The molecule has 0 aromatic heterocycles. The van der Waals surface area contributed by atoms with E-state index in [1.54, 1.807) is 24.3 Å². The molecule has 0 saturated carbocycles. The predicted molar refractivity (Wildman–Crippen MR) is 80.8 cm³/mol. The van der Waals surface area contributed by atoms with Crippen LogP contribution in [0.3, 0.4) is 0 Å². The Morgan fingerprint density at radius 2 is 1.85 bits per heavy atom. The Morgan fingerprint density at radius 1 is 1.30 bits per heavy atom. The molecule has 0 radical (unpaired) electrons. The first kappa shape index (κ1) is 17.1. The smallest absolute Gasteiger partial charge is 0.321 e. The molecule has 0 heterocycles. The van der Waals surface area contributed by atoms with Crippen LogP contribution in [-0.4, -0.2) is 25.5 Å². The normalized spacial score (nSPS) is 13.4. The van der Waals surface area contributed by atoms with Crippen molar-refractivity contribution in [2.75, 3.05) is 0 Å². The second-order valence-electron chi connectivity index (χ2n) is 5.02. The van der Waals surface area contributed by atoms with Crippen molar-refractivity contribution >= 4 is 31.9 Å². The summed E-state index contributed by atoms with van der Waals surface area (Å²) in [5.74, 6) is -1.30. The summed E-state index contributed by atoms with van der Waals surface area (Å²) in [6.45, 7) is 3.69. The van der Waals surface area contributed by atoms with Gasteiger partial charge in [-0.25, -0.2) is 13.1 Å². The molecule has 0 spiro atoms. The Balaban J connectivity index is 2.77. The van der Waals surface area contributed by atoms with Crippen molar-refractivity contribution in [3.8, 4) is 0 Å². The van der Waals surface area contributed by atoms with Crippen LogP contribution >= 0.6 is 15.9 Å². The third kappa shape index (κ3) is 6.02. The van der Waals surface area contributed by atoms with Gasteiger partial charge in [-0.3, -0.25) is 4.79 Å². The summed E-state index contributed by atoms with van der Waals surface area (Å²) >= 11 is 3.27. The standard InChI is InChI=1S/C13H18BrNO4S/c1-9(2)7-12(13(16)17)15-20(18,19)8-10-3-5-11(14)6-4-10/h3-6,9,12,15H,7-8H2,1-2H3,(H,16,17)/t12-/m0/s1. The zero-order chi connectivity index (χ0) is 15.3. The highest BCUT2D eigenvalue weighted by Gasteiger charge is 2.24. The molecule has 1 atom stereocenters. The lowest BCUT2D eigenvalue weighted by atomic mass is 10.1. The maximum Gasteiger partial charge on any atom is 0.321 e. The fraction of sp³-hybridized carbons (Fsp3) is 0.462. The minimum Gasteiger partial charge on any atom is -0.480 e. The molecule has 0 amide bonds. The summed E-state index contributed by atoms with van der Waals surface area (Å²) in [4.78, 5) is 11.1. The Labute approximate surface area is 127 Å². The fourth-order valence-electron chi connectivity index (χ4n) is 1.73. The Hall–Kier alpha value is -0.920. The molecule has 2 N–H and O–H groups in total. The molecule has 1 aromatic carbocycles. The van der Waals surface area contributed by atoms with Crippen LogP contribution in [0.5, 0.6) is 0 Å². The van der Waals surface area contributed by atoms with Gasteiger partial charge in [0, 0.05) is 4.47 Å². The summed E-state index contributed by atoms with van der Waals surface area (Å²) < 4.78 is 27.1. The summed E-state index contributed by atoms with van der Waals surface area (Å²) in [5, 5.41) is 9.05. The summed E-state index contributed by atoms with van der Waals surface area (Å²) in [6.07, 6.45) is 0.259. The zero-order valence-electron chi connectivity index (χ0n) is 11.3. The third-order valence-electron chi connectivity index (χ3n) is 2.60. The lowest BCUT2D eigenvalue weighted by molar-refractivity contribution is -0.139. The first-order chi connectivity index (χ1) is 9.19. The molecule has 0 aliphatic carbocycles. The number of carboxylic acid groups (broad SMARTS) is 1. The molecule has 0 fully saturated rings. The van der Waals surface area contributed by atoms with Crippen molar-refractivity contribution in [2.45, 2.75) is 32.1 Å². The molecule has 1 aromatic rings. The first-order valence-corrected chi connectivity index (χ1v) is 8.61. The van der Waals surface area contributed by atoms with Crippen LogP contribution in [0.2, 0.25) is 0 Å². The van der Waals surface area contributed by atoms with Crippen LogP contribution in [0.25, 0.3) is 0 Å². The predicted octanol–water partition coefficient (Wildman–Crippen LogP) is 2.37. The quantitative estimate of drug-likeness (QED) is 0.778. The largest absolute Gasteiger partial charge is 0.480 e. The van der Waals surface area contributed by atoms with E-state index in [9.17, 15) is 13.2 Å². The number of benzene rings is 1. The topological polar surface area (TPSA) is 83.5 Å². The second kappa shape index (κ2) is 7.19. The molecule has 7 heteroatoms. The van der Waals surface area contributed by atoms with E-state index in [4.69, 9.17) is 5.11 Å². The van der Waals surface area contributed by atoms with Gasteiger partial charge >= 0.3 is 5.97 Å². The van der Waals surface area contributed by atoms with Crippen molar-refractivity contribution < 1.29 is 18.3 Å². The number of carbonyl (C=O) groups is 1. The lowest BCUT2D eigenvalue weighted by Gasteiger charge is -2.16. The minimum atomic E-state index is -3.68. The van der Waals surface area contributed by atoms with E-state index in [1.165, 1.54) is 0 Å². The van der Waals surface area contributed by atoms with E-state index in [0.29, 0.717) is 5.56 Å². The van der Waals surface area contributed by atoms with Crippen LogP contribution in [0.15, 0.2) is 28.7 Å². The SMILES string of the molecule is CC(C)C[C@H](NS(=O)(=O)Cc1ccc(Br)cc1)C(=O)O. The summed E-state index contributed by atoms with van der Waals surface area (Å²) in [6, 6.07) is 5.76. The molecular formula is C13H18BrNO4S. The Kier molecular flexibility index (Phi) is 6.16. The van der Waals surface area contributed by atoms with Gasteiger partial charge in [-0.05, 0) is 30.0 Å². The van der Waals surface area contributed by atoms with Crippen LogP contribution in [-0.2, 0) is 20.6 Å². The molecule has 5 nitrogen and oxygen atoms in total. The average Bonchev–Trinajstić information content (AvgIpc) is 2.30. The first-order valence-electron chi connectivity index (χ1n) is 6.17. The van der Waals surface area contributed by atoms with E-state index in [-0.39, 0.29) is 18.1 Å². The highest BCUT2D eigenvalue weighted by atomic mass is 79.9. The van der Waals surface area contributed by atoms with E-state index in [0.717, 1.165) is 4.47 Å². The van der Waals surface area contributed by atoms with Crippen molar-refractivity contribution in [1.82, 2.24) is 4.72 Å².